The fraction of sp³-hybridized carbons (Fsp3) is 0.0476. The number of hydrogen-bond donors (Lipinski definition) is 2. The average Bonchev–Trinajstić information content (AvgIpc) is 2.73. The maximum absolute atomic E-state index is 12.7. The van der Waals surface area contributed by atoms with Crippen molar-refractivity contribution in [2.75, 3.05) is 10.6 Å². The molecule has 27 heavy (non-hydrogen) atoms. The van der Waals surface area contributed by atoms with E-state index < -0.39 is 0 Å². The second-order valence-electron chi connectivity index (χ2n) is 5.98. The van der Waals surface area contributed by atoms with E-state index >= 15 is 0 Å². The van der Waals surface area contributed by atoms with Crippen molar-refractivity contribution in [1.29, 1.82) is 0 Å². The molecule has 0 aliphatic carbocycles. The standard InChI is InChI=1S/C21H17N5O/c27-21(26-19-12-16-4-1-2-5-17(16)14-24-19)18-6-3-9-23-20(18)25-13-15-7-10-22-11-8-15/h1-12,14H,13H2,(H,23,25)(H,24,26,27). The molecule has 0 atom stereocenters. The van der Waals surface area contributed by atoms with Gasteiger partial charge in [0.05, 0.1) is 5.56 Å². The maximum atomic E-state index is 12.7. The molecule has 0 aliphatic heterocycles. The molecule has 6 nitrogen and oxygen atoms in total. The Balaban J connectivity index is 1.52. The van der Waals surface area contributed by atoms with Crippen molar-refractivity contribution >= 4 is 28.3 Å². The van der Waals surface area contributed by atoms with Crippen molar-refractivity contribution in [1.82, 2.24) is 15.0 Å². The van der Waals surface area contributed by atoms with Gasteiger partial charge in [0.15, 0.2) is 0 Å². The summed E-state index contributed by atoms with van der Waals surface area (Å²) in [5, 5.41) is 8.10. The number of pyridine rings is 3. The molecule has 0 fully saturated rings. The fourth-order valence-corrected chi connectivity index (χ4v) is 2.75. The smallest absolute Gasteiger partial charge is 0.260 e. The van der Waals surface area contributed by atoms with Gasteiger partial charge in [-0.05, 0) is 41.3 Å². The van der Waals surface area contributed by atoms with Crippen molar-refractivity contribution in [3.05, 3.63) is 90.5 Å². The van der Waals surface area contributed by atoms with Crippen LogP contribution in [0.1, 0.15) is 15.9 Å². The Bertz CT molecular complexity index is 1080. The van der Waals surface area contributed by atoms with Crippen molar-refractivity contribution < 1.29 is 4.79 Å². The van der Waals surface area contributed by atoms with Gasteiger partial charge in [-0.2, -0.15) is 0 Å². The molecule has 0 radical (unpaired) electrons. The van der Waals surface area contributed by atoms with E-state index in [4.69, 9.17) is 0 Å². The molecule has 0 saturated carbocycles. The highest BCUT2D eigenvalue weighted by Crippen LogP contribution is 2.18. The highest BCUT2D eigenvalue weighted by atomic mass is 16.1. The van der Waals surface area contributed by atoms with Crippen molar-refractivity contribution in [3.8, 4) is 0 Å². The molecule has 6 heteroatoms. The molecular weight excluding hydrogens is 338 g/mol. The molecule has 0 bridgehead atoms. The third-order valence-electron chi connectivity index (χ3n) is 4.13. The van der Waals surface area contributed by atoms with Crippen LogP contribution in [-0.4, -0.2) is 20.9 Å². The SMILES string of the molecule is O=C(Nc1cc2ccccc2cn1)c1cccnc1NCc1ccncc1. The number of benzene rings is 1. The molecule has 0 spiro atoms. The second-order valence-corrected chi connectivity index (χ2v) is 5.98. The van der Waals surface area contributed by atoms with Gasteiger partial charge in [0.1, 0.15) is 11.6 Å². The van der Waals surface area contributed by atoms with Crippen LogP contribution in [0.4, 0.5) is 11.6 Å². The predicted molar refractivity (Wildman–Crippen MR) is 105 cm³/mol. The molecular formula is C21H17N5O. The predicted octanol–water partition coefficient (Wildman–Crippen LogP) is 3.89. The van der Waals surface area contributed by atoms with Crippen LogP contribution in [0.2, 0.25) is 0 Å². The van der Waals surface area contributed by atoms with Gasteiger partial charge in [0, 0.05) is 36.7 Å². The van der Waals surface area contributed by atoms with E-state index in [-0.39, 0.29) is 5.91 Å². The third kappa shape index (κ3) is 3.90. The number of amides is 1. The molecule has 132 valence electrons. The average molecular weight is 355 g/mol. The molecule has 1 amide bonds. The number of rotatable bonds is 5. The highest BCUT2D eigenvalue weighted by Gasteiger charge is 2.13. The lowest BCUT2D eigenvalue weighted by atomic mass is 10.2. The lowest BCUT2D eigenvalue weighted by molar-refractivity contribution is 0.102. The largest absolute Gasteiger partial charge is 0.365 e. The Hall–Kier alpha value is -3.80. The van der Waals surface area contributed by atoms with Crippen LogP contribution in [0.15, 0.2) is 79.4 Å². The summed E-state index contributed by atoms with van der Waals surface area (Å²) in [6.07, 6.45) is 6.86. The Kier molecular flexibility index (Phi) is 4.70. The zero-order chi connectivity index (χ0) is 18.5. The zero-order valence-corrected chi connectivity index (χ0v) is 14.5. The monoisotopic (exact) mass is 355 g/mol. The molecule has 4 rings (SSSR count). The summed E-state index contributed by atoms with van der Waals surface area (Å²) in [4.78, 5) is 25.4. The first kappa shape index (κ1) is 16.7. The Morgan fingerprint density at radius 1 is 0.889 bits per heavy atom. The van der Waals surface area contributed by atoms with Crippen LogP contribution in [0.5, 0.6) is 0 Å². The van der Waals surface area contributed by atoms with Gasteiger partial charge in [-0.1, -0.05) is 24.3 Å². The van der Waals surface area contributed by atoms with Crippen molar-refractivity contribution in [2.24, 2.45) is 0 Å². The summed E-state index contributed by atoms with van der Waals surface area (Å²) in [5.74, 6) is 0.762. The summed E-state index contributed by atoms with van der Waals surface area (Å²) in [6, 6.07) is 17.0. The van der Waals surface area contributed by atoms with Crippen LogP contribution in [-0.2, 0) is 6.54 Å². The van der Waals surface area contributed by atoms with E-state index in [1.807, 2.05) is 42.5 Å². The first-order valence-corrected chi connectivity index (χ1v) is 8.53. The molecule has 3 heterocycles. The van der Waals surface area contributed by atoms with Crippen molar-refractivity contribution in [3.63, 3.8) is 0 Å². The van der Waals surface area contributed by atoms with Crippen LogP contribution in [0.3, 0.4) is 0 Å². The van der Waals surface area contributed by atoms with E-state index in [0.717, 1.165) is 16.3 Å². The summed E-state index contributed by atoms with van der Waals surface area (Å²) in [7, 11) is 0. The Morgan fingerprint density at radius 3 is 2.56 bits per heavy atom. The lowest BCUT2D eigenvalue weighted by Crippen LogP contribution is -2.16. The van der Waals surface area contributed by atoms with Gasteiger partial charge in [-0.3, -0.25) is 9.78 Å². The number of anilines is 2. The number of carbonyl (C=O) groups excluding carboxylic acids is 1. The fourth-order valence-electron chi connectivity index (χ4n) is 2.75. The molecule has 2 N–H and O–H groups in total. The lowest BCUT2D eigenvalue weighted by Gasteiger charge is -2.11. The minimum Gasteiger partial charge on any atom is -0.365 e. The number of hydrogen-bond acceptors (Lipinski definition) is 5. The minimum atomic E-state index is -0.261. The van der Waals surface area contributed by atoms with Gasteiger partial charge >= 0.3 is 0 Å². The Labute approximate surface area is 156 Å². The molecule has 0 saturated heterocycles. The number of nitrogens with one attached hydrogen (secondary N) is 2. The maximum Gasteiger partial charge on any atom is 0.260 e. The number of aromatic nitrogens is 3. The molecule has 0 unspecified atom stereocenters. The van der Waals surface area contributed by atoms with E-state index in [1.165, 1.54) is 0 Å². The quantitative estimate of drug-likeness (QED) is 0.568. The summed E-state index contributed by atoms with van der Waals surface area (Å²) in [5.41, 5.74) is 1.51. The molecule has 0 aliphatic rings. The van der Waals surface area contributed by atoms with Gasteiger partial charge in [0.25, 0.3) is 5.91 Å². The molecule has 1 aromatic carbocycles. The van der Waals surface area contributed by atoms with Crippen molar-refractivity contribution in [2.45, 2.75) is 6.54 Å². The van der Waals surface area contributed by atoms with E-state index in [1.54, 1.807) is 36.9 Å². The normalized spacial score (nSPS) is 10.5. The molecule has 3 aromatic heterocycles. The van der Waals surface area contributed by atoms with Gasteiger partial charge in [-0.15, -0.1) is 0 Å². The summed E-state index contributed by atoms with van der Waals surface area (Å²) in [6.45, 7) is 0.550. The highest BCUT2D eigenvalue weighted by molar-refractivity contribution is 6.07. The minimum absolute atomic E-state index is 0.261. The third-order valence-corrected chi connectivity index (χ3v) is 4.13. The molecule has 4 aromatic rings. The first-order chi connectivity index (χ1) is 13.3. The zero-order valence-electron chi connectivity index (χ0n) is 14.5. The number of carbonyl (C=O) groups is 1. The van der Waals surface area contributed by atoms with Crippen LogP contribution in [0.25, 0.3) is 10.8 Å². The number of nitrogens with zero attached hydrogens (tertiary/aromatic N) is 3. The number of fused-ring (bicyclic) bond motifs is 1. The van der Waals surface area contributed by atoms with Gasteiger partial charge < -0.3 is 10.6 Å². The van der Waals surface area contributed by atoms with E-state index in [9.17, 15) is 4.79 Å². The Morgan fingerprint density at radius 2 is 1.70 bits per heavy atom. The van der Waals surface area contributed by atoms with E-state index in [2.05, 4.69) is 25.6 Å². The van der Waals surface area contributed by atoms with Gasteiger partial charge in [0.2, 0.25) is 0 Å². The first-order valence-electron chi connectivity index (χ1n) is 8.53. The van der Waals surface area contributed by atoms with Crippen LogP contribution >= 0.6 is 0 Å². The van der Waals surface area contributed by atoms with E-state index in [0.29, 0.717) is 23.7 Å². The topological polar surface area (TPSA) is 79.8 Å². The van der Waals surface area contributed by atoms with Gasteiger partial charge in [-0.25, -0.2) is 9.97 Å². The van der Waals surface area contributed by atoms with Crippen LogP contribution in [0, 0.1) is 0 Å². The van der Waals surface area contributed by atoms with Crippen LogP contribution < -0.4 is 10.6 Å². The summed E-state index contributed by atoms with van der Waals surface area (Å²) < 4.78 is 0. The summed E-state index contributed by atoms with van der Waals surface area (Å²) >= 11 is 0. The second kappa shape index (κ2) is 7.61.